The van der Waals surface area contributed by atoms with Crippen molar-refractivity contribution in [1.29, 1.82) is 5.26 Å². The first-order chi connectivity index (χ1) is 17.9. The van der Waals surface area contributed by atoms with Gasteiger partial charge in [-0.05, 0) is 57.3 Å². The smallest absolute Gasteiger partial charge is 0.267 e. The lowest BCUT2D eigenvalue weighted by molar-refractivity contribution is 0.152. The van der Waals surface area contributed by atoms with Crippen LogP contribution < -0.4 is 10.2 Å². The molecule has 4 heterocycles. The summed E-state index contributed by atoms with van der Waals surface area (Å²) in [4.78, 5) is 17.7. The molecule has 1 aromatic carbocycles. The molecule has 5 rings (SSSR count). The fraction of sp³-hybridized carbons (Fsp3) is 0.333. The van der Waals surface area contributed by atoms with E-state index in [9.17, 15) is 14.0 Å². The number of halogens is 2. The predicted octanol–water partition coefficient (Wildman–Crippen LogP) is 4.91. The number of imidazole rings is 1. The monoisotopic (exact) mass is 502 g/mol. The second kappa shape index (κ2) is 10.1. The maximum Gasteiger partial charge on any atom is 0.267 e. The van der Waals surface area contributed by atoms with Crippen molar-refractivity contribution in [3.63, 3.8) is 0 Å². The standard InChI is InChI=1S/C27H28F2N8/c1-17(18-6-8-20(9-7-18)36-12-10-21(16-36)35(2)3)33-27-32-14-19(13-30)24(34-27)23-15-31-26-22(25(28)29)5-4-11-37(23)26/h4-9,11,14-15,17,21,25H,10,12,16H2,1-3H3,(H,32,33,34)/t17-,21+/m0/s1. The Bertz CT molecular complexity index is 1440. The summed E-state index contributed by atoms with van der Waals surface area (Å²) in [5, 5.41) is 12.9. The molecule has 190 valence electrons. The van der Waals surface area contributed by atoms with Crippen LogP contribution in [0.2, 0.25) is 0 Å². The van der Waals surface area contributed by atoms with Gasteiger partial charge in [-0.15, -0.1) is 0 Å². The van der Waals surface area contributed by atoms with Crippen LogP contribution in [0.3, 0.4) is 0 Å². The Morgan fingerprint density at radius 1 is 1.14 bits per heavy atom. The van der Waals surface area contributed by atoms with E-state index in [1.165, 1.54) is 34.6 Å². The topological polar surface area (TPSA) is 85.4 Å². The lowest BCUT2D eigenvalue weighted by Crippen LogP contribution is -2.31. The molecule has 0 spiro atoms. The molecule has 1 N–H and O–H groups in total. The van der Waals surface area contributed by atoms with E-state index in [1.807, 2.05) is 6.92 Å². The maximum absolute atomic E-state index is 13.4. The van der Waals surface area contributed by atoms with Gasteiger partial charge in [0, 0.05) is 31.0 Å². The second-order valence-corrected chi connectivity index (χ2v) is 9.48. The van der Waals surface area contributed by atoms with Crippen LogP contribution in [0.4, 0.5) is 20.4 Å². The first-order valence-corrected chi connectivity index (χ1v) is 12.1. The van der Waals surface area contributed by atoms with Gasteiger partial charge >= 0.3 is 0 Å². The fourth-order valence-corrected chi connectivity index (χ4v) is 4.76. The molecule has 0 aliphatic carbocycles. The van der Waals surface area contributed by atoms with Crippen molar-refractivity contribution in [2.75, 3.05) is 37.4 Å². The SMILES string of the molecule is C[C@H](Nc1ncc(C#N)c(-c2cnc3c(C(F)F)cccn23)n1)c1ccc(N2CC[C@@H](N(C)C)C2)cc1. The van der Waals surface area contributed by atoms with E-state index in [0.717, 1.165) is 25.1 Å². The summed E-state index contributed by atoms with van der Waals surface area (Å²) in [6.45, 7) is 4.07. The van der Waals surface area contributed by atoms with Crippen molar-refractivity contribution in [3.05, 3.63) is 71.7 Å². The quantitative estimate of drug-likeness (QED) is 0.384. The number of hydrogen-bond donors (Lipinski definition) is 1. The lowest BCUT2D eigenvalue weighted by Gasteiger charge is -2.22. The molecular formula is C27H28F2N8. The number of benzene rings is 1. The van der Waals surface area contributed by atoms with Crippen molar-refractivity contribution in [2.24, 2.45) is 0 Å². The zero-order chi connectivity index (χ0) is 26.1. The number of nitriles is 1. The van der Waals surface area contributed by atoms with Gasteiger partial charge in [-0.2, -0.15) is 5.26 Å². The number of likely N-dealkylation sites (N-methyl/N-ethyl adjacent to an activating group) is 1. The second-order valence-electron chi connectivity index (χ2n) is 9.48. The van der Waals surface area contributed by atoms with Gasteiger partial charge in [0.15, 0.2) is 0 Å². The van der Waals surface area contributed by atoms with Crippen LogP contribution in [0, 0.1) is 11.3 Å². The molecule has 1 aliphatic heterocycles. The Morgan fingerprint density at radius 3 is 2.59 bits per heavy atom. The van der Waals surface area contributed by atoms with Gasteiger partial charge in [-0.1, -0.05) is 12.1 Å². The number of alkyl halides is 2. The van der Waals surface area contributed by atoms with E-state index < -0.39 is 6.43 Å². The first-order valence-electron chi connectivity index (χ1n) is 12.1. The van der Waals surface area contributed by atoms with E-state index in [2.05, 4.69) is 74.5 Å². The summed E-state index contributed by atoms with van der Waals surface area (Å²) in [6, 6.07) is 13.9. The van der Waals surface area contributed by atoms with Crippen molar-refractivity contribution in [2.45, 2.75) is 31.9 Å². The normalized spacial score (nSPS) is 16.5. The highest BCUT2D eigenvalue weighted by molar-refractivity contribution is 5.68. The van der Waals surface area contributed by atoms with E-state index in [-0.39, 0.29) is 22.8 Å². The molecule has 1 fully saturated rings. The van der Waals surface area contributed by atoms with E-state index >= 15 is 0 Å². The Morgan fingerprint density at radius 2 is 1.92 bits per heavy atom. The highest BCUT2D eigenvalue weighted by Crippen LogP contribution is 2.29. The molecule has 0 bridgehead atoms. The largest absolute Gasteiger partial charge is 0.370 e. The average Bonchev–Trinajstić information content (AvgIpc) is 3.56. The number of nitrogens with zero attached hydrogens (tertiary/aromatic N) is 7. The molecule has 4 aromatic rings. The Kier molecular flexibility index (Phi) is 6.72. The minimum Gasteiger partial charge on any atom is -0.370 e. The van der Waals surface area contributed by atoms with Crippen LogP contribution in [0.25, 0.3) is 17.0 Å². The molecule has 0 radical (unpaired) electrons. The van der Waals surface area contributed by atoms with Gasteiger partial charge < -0.3 is 15.1 Å². The molecule has 1 saturated heterocycles. The van der Waals surface area contributed by atoms with Crippen molar-refractivity contribution < 1.29 is 8.78 Å². The summed E-state index contributed by atoms with van der Waals surface area (Å²) >= 11 is 0. The predicted molar refractivity (Wildman–Crippen MR) is 139 cm³/mol. The minimum absolute atomic E-state index is 0.101. The minimum atomic E-state index is -2.66. The lowest BCUT2D eigenvalue weighted by atomic mass is 10.1. The molecule has 0 amide bonds. The van der Waals surface area contributed by atoms with Crippen LogP contribution in [0.5, 0.6) is 0 Å². The van der Waals surface area contributed by atoms with Crippen LogP contribution in [-0.4, -0.2) is 57.5 Å². The molecule has 1 aliphatic rings. The van der Waals surface area contributed by atoms with Crippen LogP contribution in [0.15, 0.2) is 55.0 Å². The van der Waals surface area contributed by atoms with E-state index in [0.29, 0.717) is 23.4 Å². The molecule has 0 unspecified atom stereocenters. The first kappa shape index (κ1) is 24.6. The summed E-state index contributed by atoms with van der Waals surface area (Å²) in [6.07, 6.45) is 3.01. The van der Waals surface area contributed by atoms with Gasteiger partial charge in [0.05, 0.1) is 35.3 Å². The zero-order valence-corrected chi connectivity index (χ0v) is 20.9. The number of nitrogens with one attached hydrogen (secondary N) is 1. The Hall–Kier alpha value is -4.10. The zero-order valence-electron chi connectivity index (χ0n) is 20.9. The molecule has 3 aromatic heterocycles. The summed E-state index contributed by atoms with van der Waals surface area (Å²) in [7, 11) is 4.24. The number of aromatic nitrogens is 4. The highest BCUT2D eigenvalue weighted by Gasteiger charge is 2.24. The van der Waals surface area contributed by atoms with Gasteiger partial charge in [0.1, 0.15) is 17.4 Å². The van der Waals surface area contributed by atoms with Crippen molar-refractivity contribution >= 4 is 17.3 Å². The van der Waals surface area contributed by atoms with Gasteiger partial charge in [-0.3, -0.25) is 4.40 Å². The van der Waals surface area contributed by atoms with E-state index in [4.69, 9.17) is 0 Å². The van der Waals surface area contributed by atoms with E-state index in [1.54, 1.807) is 6.20 Å². The Balaban J connectivity index is 1.37. The molecule has 2 atom stereocenters. The van der Waals surface area contributed by atoms with Crippen LogP contribution in [0.1, 0.15) is 42.5 Å². The third kappa shape index (κ3) is 4.82. The summed E-state index contributed by atoms with van der Waals surface area (Å²) in [5.74, 6) is 0.332. The van der Waals surface area contributed by atoms with Crippen LogP contribution >= 0.6 is 0 Å². The number of fused-ring (bicyclic) bond motifs is 1. The number of anilines is 2. The maximum atomic E-state index is 13.4. The van der Waals surface area contributed by atoms with Crippen molar-refractivity contribution in [1.82, 2.24) is 24.3 Å². The average molecular weight is 503 g/mol. The number of hydrogen-bond acceptors (Lipinski definition) is 7. The molecular weight excluding hydrogens is 474 g/mol. The van der Waals surface area contributed by atoms with Crippen molar-refractivity contribution in [3.8, 4) is 17.5 Å². The summed E-state index contributed by atoms with van der Waals surface area (Å²) in [5.41, 5.74) is 3.22. The third-order valence-electron chi connectivity index (χ3n) is 6.95. The molecule has 37 heavy (non-hydrogen) atoms. The van der Waals surface area contributed by atoms with Crippen LogP contribution in [-0.2, 0) is 0 Å². The number of rotatable bonds is 7. The summed E-state index contributed by atoms with van der Waals surface area (Å²) < 4.78 is 28.4. The fourth-order valence-electron chi connectivity index (χ4n) is 4.76. The Labute approximate surface area is 214 Å². The highest BCUT2D eigenvalue weighted by atomic mass is 19.3. The molecule has 8 nitrogen and oxygen atoms in total. The number of pyridine rings is 1. The van der Waals surface area contributed by atoms with Gasteiger partial charge in [0.25, 0.3) is 6.43 Å². The molecule has 10 heteroatoms. The third-order valence-corrected chi connectivity index (χ3v) is 6.95. The van der Waals surface area contributed by atoms with Gasteiger partial charge in [-0.25, -0.2) is 23.7 Å². The molecule has 0 saturated carbocycles. The van der Waals surface area contributed by atoms with Gasteiger partial charge in [0.2, 0.25) is 5.95 Å².